The number of hydrogen-bond acceptors (Lipinski definition) is 5. The van der Waals surface area contributed by atoms with E-state index < -0.39 is 6.10 Å². The van der Waals surface area contributed by atoms with Crippen molar-refractivity contribution < 1.29 is 23.8 Å². The number of allylic oxidation sites excluding steroid dienone is 15. The van der Waals surface area contributed by atoms with Crippen LogP contribution in [0.2, 0.25) is 0 Å². The Kier molecular flexibility index (Phi) is 53.4. The second-order valence-corrected chi connectivity index (χ2v) is 18.1. The standard InChI is InChI=1S/C61H104O5/c1-4-7-10-13-16-19-22-25-28-31-33-36-39-42-45-48-51-54-60(62)65-58-59(57-64-56-53-50-47-44-41-38-35-30-27-24-21-18-15-12-9-6-3)66-61(63)55-52-49-46-43-40-37-34-32-29-26-23-20-17-14-11-8-5-2/h7,9-10,12,16,18-19,21,25,27-28,30,38,41,47,50,59H,4-6,8,11,13-15,17,20,22-24,26,29,31-37,39-40,42-46,48-49,51-58H2,1-3H3/b10-7-,12-9-,19-16-,21-18-,28-25-,30-27-,41-38-,50-47-. The minimum atomic E-state index is -0.583. The molecule has 1 atom stereocenters. The fraction of sp³-hybridized carbons (Fsp3) is 0.705. The van der Waals surface area contributed by atoms with Gasteiger partial charge in [-0.3, -0.25) is 9.59 Å². The molecule has 0 aromatic heterocycles. The smallest absolute Gasteiger partial charge is 0.306 e. The Labute approximate surface area is 409 Å². The van der Waals surface area contributed by atoms with Crippen LogP contribution in [0.3, 0.4) is 0 Å². The molecular formula is C61H104O5. The first-order valence-electron chi connectivity index (χ1n) is 27.8. The molecular weight excluding hydrogens is 813 g/mol. The minimum absolute atomic E-state index is 0.0479. The van der Waals surface area contributed by atoms with Gasteiger partial charge in [0.1, 0.15) is 6.61 Å². The number of ether oxygens (including phenoxy) is 3. The van der Waals surface area contributed by atoms with Crippen molar-refractivity contribution in [2.45, 2.75) is 258 Å². The van der Waals surface area contributed by atoms with E-state index in [4.69, 9.17) is 14.2 Å². The average molecular weight is 917 g/mol. The third-order valence-electron chi connectivity index (χ3n) is 11.6. The van der Waals surface area contributed by atoms with Crippen LogP contribution in [-0.2, 0) is 23.8 Å². The topological polar surface area (TPSA) is 61.8 Å². The molecule has 5 heteroatoms. The summed E-state index contributed by atoms with van der Waals surface area (Å²) in [6, 6.07) is 0. The van der Waals surface area contributed by atoms with Gasteiger partial charge in [0.25, 0.3) is 0 Å². The molecule has 0 heterocycles. The second kappa shape index (κ2) is 56.1. The summed E-state index contributed by atoms with van der Waals surface area (Å²) < 4.78 is 17.3. The lowest BCUT2D eigenvalue weighted by Crippen LogP contribution is -2.30. The number of hydrogen-bond donors (Lipinski definition) is 0. The quantitative estimate of drug-likeness (QED) is 0.0346. The first kappa shape index (κ1) is 62.8. The lowest BCUT2D eigenvalue weighted by Gasteiger charge is -2.18. The summed E-state index contributed by atoms with van der Waals surface area (Å²) in [5, 5.41) is 0. The van der Waals surface area contributed by atoms with Crippen molar-refractivity contribution in [3.05, 3.63) is 97.2 Å². The summed E-state index contributed by atoms with van der Waals surface area (Å²) in [6.07, 6.45) is 75.9. The van der Waals surface area contributed by atoms with Gasteiger partial charge in [0.05, 0.1) is 13.2 Å². The van der Waals surface area contributed by atoms with Gasteiger partial charge >= 0.3 is 11.9 Å². The number of carbonyl (C=O) groups is 2. The fourth-order valence-corrected chi connectivity index (χ4v) is 7.59. The molecule has 0 spiro atoms. The van der Waals surface area contributed by atoms with Crippen LogP contribution in [0.5, 0.6) is 0 Å². The highest BCUT2D eigenvalue weighted by Gasteiger charge is 2.17. The van der Waals surface area contributed by atoms with Crippen LogP contribution in [0.1, 0.15) is 252 Å². The SMILES string of the molecule is CC/C=C\C/C=C\C/C=C\C/C=C\C/C=C\CCOCC(COC(=O)CCCCCCCCC/C=C\C/C=C\C/C=C\CC)OC(=O)CCCCCCCCCCCCCCCCCCC. The van der Waals surface area contributed by atoms with Crippen LogP contribution in [-0.4, -0.2) is 37.9 Å². The molecule has 0 rings (SSSR count). The van der Waals surface area contributed by atoms with Gasteiger partial charge in [0.2, 0.25) is 0 Å². The molecule has 378 valence electrons. The molecule has 0 aliphatic heterocycles. The van der Waals surface area contributed by atoms with Crippen LogP contribution in [0, 0.1) is 0 Å². The molecule has 5 nitrogen and oxygen atoms in total. The van der Waals surface area contributed by atoms with Crippen LogP contribution in [0.4, 0.5) is 0 Å². The summed E-state index contributed by atoms with van der Waals surface area (Å²) in [5.74, 6) is -0.445. The Bertz CT molecular complexity index is 1270. The van der Waals surface area contributed by atoms with Crippen LogP contribution in [0.25, 0.3) is 0 Å². The lowest BCUT2D eigenvalue weighted by molar-refractivity contribution is -0.162. The zero-order valence-electron chi connectivity index (χ0n) is 43.4. The van der Waals surface area contributed by atoms with E-state index in [1.54, 1.807) is 0 Å². The van der Waals surface area contributed by atoms with Gasteiger partial charge in [-0.2, -0.15) is 0 Å². The molecule has 0 aromatic rings. The highest BCUT2D eigenvalue weighted by molar-refractivity contribution is 5.70. The summed E-state index contributed by atoms with van der Waals surface area (Å²) in [6.45, 7) is 7.41. The van der Waals surface area contributed by atoms with Crippen LogP contribution >= 0.6 is 0 Å². The predicted molar refractivity (Wildman–Crippen MR) is 288 cm³/mol. The zero-order valence-corrected chi connectivity index (χ0v) is 43.4. The molecule has 0 fully saturated rings. The first-order valence-corrected chi connectivity index (χ1v) is 27.8. The number of rotatable bonds is 50. The highest BCUT2D eigenvalue weighted by atomic mass is 16.6. The second-order valence-electron chi connectivity index (χ2n) is 18.1. The molecule has 1 unspecified atom stereocenters. The van der Waals surface area contributed by atoms with Crippen molar-refractivity contribution >= 4 is 11.9 Å². The maximum Gasteiger partial charge on any atom is 0.306 e. The Morgan fingerprint density at radius 2 is 0.682 bits per heavy atom. The van der Waals surface area contributed by atoms with Crippen molar-refractivity contribution in [3.63, 3.8) is 0 Å². The Balaban J connectivity index is 4.38. The van der Waals surface area contributed by atoms with Crippen molar-refractivity contribution in [2.75, 3.05) is 19.8 Å². The van der Waals surface area contributed by atoms with Crippen LogP contribution < -0.4 is 0 Å². The van der Waals surface area contributed by atoms with Crippen molar-refractivity contribution in [1.29, 1.82) is 0 Å². The maximum absolute atomic E-state index is 12.8. The van der Waals surface area contributed by atoms with E-state index in [-0.39, 0.29) is 25.2 Å². The normalized spacial score (nSPS) is 13.0. The molecule has 0 N–H and O–H groups in total. The fourth-order valence-electron chi connectivity index (χ4n) is 7.59. The molecule has 0 saturated carbocycles. The predicted octanol–water partition coefficient (Wildman–Crippen LogP) is 19.0. The highest BCUT2D eigenvalue weighted by Crippen LogP contribution is 2.16. The molecule has 66 heavy (non-hydrogen) atoms. The van der Waals surface area contributed by atoms with Crippen molar-refractivity contribution in [1.82, 2.24) is 0 Å². The van der Waals surface area contributed by atoms with E-state index in [2.05, 4.69) is 118 Å². The van der Waals surface area contributed by atoms with Crippen LogP contribution in [0.15, 0.2) is 97.2 Å². The van der Waals surface area contributed by atoms with Gasteiger partial charge < -0.3 is 14.2 Å². The molecule has 0 saturated heterocycles. The monoisotopic (exact) mass is 917 g/mol. The molecule has 0 aliphatic carbocycles. The minimum Gasteiger partial charge on any atom is -0.462 e. The van der Waals surface area contributed by atoms with Gasteiger partial charge in [-0.05, 0) is 83.5 Å². The summed E-state index contributed by atoms with van der Waals surface area (Å²) in [4.78, 5) is 25.5. The number of unbranched alkanes of at least 4 members (excludes halogenated alkanes) is 23. The maximum atomic E-state index is 12.8. The Hall–Kier alpha value is -3.18. The van der Waals surface area contributed by atoms with Crippen molar-refractivity contribution in [3.8, 4) is 0 Å². The third-order valence-corrected chi connectivity index (χ3v) is 11.6. The van der Waals surface area contributed by atoms with Gasteiger partial charge in [0, 0.05) is 12.8 Å². The summed E-state index contributed by atoms with van der Waals surface area (Å²) >= 11 is 0. The average Bonchev–Trinajstić information content (AvgIpc) is 3.32. The Morgan fingerprint density at radius 3 is 1.09 bits per heavy atom. The number of esters is 2. The van der Waals surface area contributed by atoms with E-state index in [1.165, 1.54) is 122 Å². The van der Waals surface area contributed by atoms with Crippen molar-refractivity contribution in [2.24, 2.45) is 0 Å². The van der Waals surface area contributed by atoms with E-state index in [0.717, 1.165) is 96.3 Å². The summed E-state index contributed by atoms with van der Waals surface area (Å²) in [5.41, 5.74) is 0. The first-order chi connectivity index (χ1) is 32.6. The summed E-state index contributed by atoms with van der Waals surface area (Å²) in [7, 11) is 0. The van der Waals surface area contributed by atoms with E-state index in [0.29, 0.717) is 19.4 Å². The van der Waals surface area contributed by atoms with E-state index >= 15 is 0 Å². The van der Waals surface area contributed by atoms with Gasteiger partial charge in [-0.25, -0.2) is 0 Å². The molecule has 0 bridgehead atoms. The third kappa shape index (κ3) is 53.4. The van der Waals surface area contributed by atoms with Gasteiger partial charge in [0.15, 0.2) is 6.10 Å². The molecule has 0 radical (unpaired) electrons. The zero-order chi connectivity index (χ0) is 47.7. The molecule has 0 aliphatic rings. The van der Waals surface area contributed by atoms with E-state index in [1.807, 2.05) is 0 Å². The van der Waals surface area contributed by atoms with E-state index in [9.17, 15) is 9.59 Å². The molecule has 0 aromatic carbocycles. The van der Waals surface area contributed by atoms with Gasteiger partial charge in [-0.1, -0.05) is 253 Å². The lowest BCUT2D eigenvalue weighted by atomic mass is 10.0. The molecule has 0 amide bonds. The number of carbonyl (C=O) groups excluding carboxylic acids is 2. The van der Waals surface area contributed by atoms with Gasteiger partial charge in [-0.15, -0.1) is 0 Å². The largest absolute Gasteiger partial charge is 0.462 e. The Morgan fingerprint density at radius 1 is 0.348 bits per heavy atom.